The van der Waals surface area contributed by atoms with E-state index in [1.165, 1.54) is 141 Å². The third kappa shape index (κ3) is 62.8. The second-order valence-corrected chi connectivity index (χ2v) is 21.3. The van der Waals surface area contributed by atoms with E-state index in [9.17, 15) is 14.4 Å². The molecule has 0 rings (SSSR count). The van der Waals surface area contributed by atoms with Gasteiger partial charge >= 0.3 is 17.9 Å². The Hall–Kier alpha value is -3.93. The number of ether oxygens (including phenoxy) is 3. The van der Waals surface area contributed by atoms with Gasteiger partial charge in [-0.25, -0.2) is 0 Å². The fraction of sp³-hybridized carbons (Fsp3) is 0.704. The fourth-order valence-electron chi connectivity index (χ4n) is 8.95. The molecule has 0 aromatic rings. The van der Waals surface area contributed by atoms with Crippen molar-refractivity contribution in [3.8, 4) is 0 Å². The summed E-state index contributed by atoms with van der Waals surface area (Å²) in [5.74, 6) is -0.898. The van der Waals surface area contributed by atoms with E-state index in [-0.39, 0.29) is 31.1 Å². The van der Waals surface area contributed by atoms with Gasteiger partial charge in [0.2, 0.25) is 0 Å². The van der Waals surface area contributed by atoms with Crippen molar-refractivity contribution in [1.82, 2.24) is 0 Å². The monoisotopic (exact) mass is 1070 g/mol. The normalized spacial score (nSPS) is 12.8. The molecule has 1 unspecified atom stereocenters. The van der Waals surface area contributed by atoms with Gasteiger partial charge in [-0.2, -0.15) is 0 Å². The molecule has 77 heavy (non-hydrogen) atoms. The van der Waals surface area contributed by atoms with Crippen LogP contribution in [-0.4, -0.2) is 37.2 Å². The number of carbonyl (C=O) groups is 3. The predicted molar refractivity (Wildman–Crippen MR) is 334 cm³/mol. The summed E-state index contributed by atoms with van der Waals surface area (Å²) in [6.07, 6.45) is 88.0. The largest absolute Gasteiger partial charge is 0.462 e. The second-order valence-electron chi connectivity index (χ2n) is 21.3. The Morgan fingerprint density at radius 1 is 0.273 bits per heavy atom. The van der Waals surface area contributed by atoms with Crippen molar-refractivity contribution in [3.05, 3.63) is 109 Å². The van der Waals surface area contributed by atoms with Gasteiger partial charge in [0.25, 0.3) is 0 Å². The van der Waals surface area contributed by atoms with Gasteiger partial charge < -0.3 is 14.2 Å². The van der Waals surface area contributed by atoms with Crippen LogP contribution in [0.25, 0.3) is 0 Å². The van der Waals surface area contributed by atoms with E-state index in [2.05, 4.69) is 130 Å². The summed E-state index contributed by atoms with van der Waals surface area (Å²) in [6, 6.07) is 0. The average Bonchev–Trinajstić information content (AvgIpc) is 3.43. The Kier molecular flexibility index (Phi) is 61.3. The molecule has 6 nitrogen and oxygen atoms in total. The Morgan fingerprint density at radius 3 is 0.805 bits per heavy atom. The lowest BCUT2D eigenvalue weighted by atomic mass is 10.1. The summed E-state index contributed by atoms with van der Waals surface area (Å²) in [6.45, 7) is 6.42. The first-order valence-electron chi connectivity index (χ1n) is 32.4. The lowest BCUT2D eigenvalue weighted by Gasteiger charge is -2.18. The van der Waals surface area contributed by atoms with Gasteiger partial charge in [0.15, 0.2) is 6.10 Å². The standard InChI is InChI=1S/C71H120O6/c1-4-7-10-13-16-19-22-25-28-31-33-35-37-40-43-46-49-52-55-58-61-64-70(73)76-67-68(66-75-69(72)63-60-57-54-51-48-45-42-39-30-27-24-21-18-15-12-9-6-3)77-71(74)65-62-59-56-53-50-47-44-41-38-36-34-32-29-26-23-20-17-14-11-8-5-2/h7-8,10-11,16-17,19-20,25-30,33-36,68H,4-6,9,12-15,18,21-24,31-32,37-67H2,1-3H3/b10-7-,11-8-,19-16-,20-17-,28-25-,29-26-,30-27-,35-33-,36-34-. The highest BCUT2D eigenvalue weighted by Gasteiger charge is 2.19. The van der Waals surface area contributed by atoms with E-state index in [4.69, 9.17) is 14.2 Å². The Labute approximate surface area is 476 Å². The molecule has 0 bridgehead atoms. The van der Waals surface area contributed by atoms with E-state index < -0.39 is 6.10 Å². The quantitative estimate of drug-likeness (QED) is 0.0261. The minimum Gasteiger partial charge on any atom is -0.462 e. The highest BCUT2D eigenvalue weighted by molar-refractivity contribution is 5.71. The molecule has 0 aliphatic carbocycles. The Bertz CT molecular complexity index is 1560. The lowest BCUT2D eigenvalue weighted by Crippen LogP contribution is -2.30. The third-order valence-electron chi connectivity index (χ3n) is 13.7. The van der Waals surface area contributed by atoms with Crippen molar-refractivity contribution in [2.45, 2.75) is 309 Å². The molecule has 0 fully saturated rings. The van der Waals surface area contributed by atoms with Crippen molar-refractivity contribution in [2.24, 2.45) is 0 Å². The zero-order valence-corrected chi connectivity index (χ0v) is 50.4. The molecule has 0 saturated carbocycles. The first-order chi connectivity index (χ1) is 38.0. The van der Waals surface area contributed by atoms with Crippen LogP contribution in [0.5, 0.6) is 0 Å². The molecule has 0 aromatic carbocycles. The van der Waals surface area contributed by atoms with Gasteiger partial charge in [0, 0.05) is 19.3 Å². The molecule has 0 aliphatic heterocycles. The topological polar surface area (TPSA) is 78.9 Å². The highest BCUT2D eigenvalue weighted by Crippen LogP contribution is 2.16. The lowest BCUT2D eigenvalue weighted by molar-refractivity contribution is -0.167. The number of allylic oxidation sites excluding steroid dienone is 18. The van der Waals surface area contributed by atoms with E-state index in [1.54, 1.807) is 0 Å². The summed E-state index contributed by atoms with van der Waals surface area (Å²) >= 11 is 0. The van der Waals surface area contributed by atoms with Gasteiger partial charge in [-0.3, -0.25) is 14.4 Å². The molecule has 0 heterocycles. The van der Waals surface area contributed by atoms with Gasteiger partial charge in [0.1, 0.15) is 13.2 Å². The molecule has 440 valence electrons. The molecule has 1 atom stereocenters. The van der Waals surface area contributed by atoms with Gasteiger partial charge in [-0.1, -0.05) is 271 Å². The van der Waals surface area contributed by atoms with Crippen molar-refractivity contribution < 1.29 is 28.6 Å². The summed E-state index contributed by atoms with van der Waals surface area (Å²) in [4.78, 5) is 38.4. The van der Waals surface area contributed by atoms with Gasteiger partial charge in [0.05, 0.1) is 0 Å². The highest BCUT2D eigenvalue weighted by atomic mass is 16.6. The van der Waals surface area contributed by atoms with Crippen LogP contribution in [0, 0.1) is 0 Å². The molecule has 0 radical (unpaired) electrons. The predicted octanol–water partition coefficient (Wildman–Crippen LogP) is 22.2. The van der Waals surface area contributed by atoms with E-state index >= 15 is 0 Å². The van der Waals surface area contributed by atoms with Crippen LogP contribution in [0.15, 0.2) is 109 Å². The van der Waals surface area contributed by atoms with Crippen LogP contribution in [0.1, 0.15) is 303 Å². The number of esters is 3. The third-order valence-corrected chi connectivity index (χ3v) is 13.7. The van der Waals surface area contributed by atoms with Crippen molar-refractivity contribution in [1.29, 1.82) is 0 Å². The SMILES string of the molecule is CC/C=C\C/C=C\C/C=C\C/C=C\CCCCCCCCCCC(=O)OCC(COC(=O)CCCCCCCCC/C=C\CCCCCCCC)OC(=O)CCCCCCCCCC/C=C\C/C=C\C/C=C\C/C=C\CC. The van der Waals surface area contributed by atoms with Crippen molar-refractivity contribution in [2.75, 3.05) is 13.2 Å². The van der Waals surface area contributed by atoms with E-state index in [0.717, 1.165) is 122 Å². The molecule has 0 N–H and O–H groups in total. The summed E-state index contributed by atoms with van der Waals surface area (Å²) in [7, 11) is 0. The number of hydrogen-bond donors (Lipinski definition) is 0. The van der Waals surface area contributed by atoms with Crippen LogP contribution in [-0.2, 0) is 28.6 Å². The Morgan fingerprint density at radius 2 is 0.506 bits per heavy atom. The van der Waals surface area contributed by atoms with Crippen LogP contribution < -0.4 is 0 Å². The number of hydrogen-bond acceptors (Lipinski definition) is 6. The van der Waals surface area contributed by atoms with Crippen LogP contribution >= 0.6 is 0 Å². The summed E-state index contributed by atoms with van der Waals surface area (Å²) in [5.41, 5.74) is 0. The number of rotatable bonds is 58. The van der Waals surface area contributed by atoms with Gasteiger partial charge in [-0.05, 0) is 122 Å². The van der Waals surface area contributed by atoms with Crippen LogP contribution in [0.2, 0.25) is 0 Å². The number of unbranched alkanes of at least 4 members (excludes halogenated alkanes) is 29. The smallest absolute Gasteiger partial charge is 0.306 e. The maximum atomic E-state index is 12.9. The molecular formula is C71H120O6. The van der Waals surface area contributed by atoms with Crippen LogP contribution in [0.3, 0.4) is 0 Å². The Balaban J connectivity index is 4.42. The average molecular weight is 1070 g/mol. The molecule has 0 aliphatic rings. The first-order valence-corrected chi connectivity index (χ1v) is 32.4. The maximum Gasteiger partial charge on any atom is 0.306 e. The molecule has 0 saturated heterocycles. The van der Waals surface area contributed by atoms with Crippen molar-refractivity contribution in [3.63, 3.8) is 0 Å². The number of carbonyl (C=O) groups excluding carboxylic acids is 3. The molecule has 6 heteroatoms. The maximum absolute atomic E-state index is 12.9. The molecule has 0 amide bonds. The van der Waals surface area contributed by atoms with Gasteiger partial charge in [-0.15, -0.1) is 0 Å². The van der Waals surface area contributed by atoms with E-state index in [0.29, 0.717) is 19.3 Å². The summed E-state index contributed by atoms with van der Waals surface area (Å²) in [5, 5.41) is 0. The minimum absolute atomic E-state index is 0.0863. The molecular weight excluding hydrogens is 949 g/mol. The first kappa shape index (κ1) is 73.1. The summed E-state index contributed by atoms with van der Waals surface area (Å²) < 4.78 is 16.9. The van der Waals surface area contributed by atoms with Crippen molar-refractivity contribution >= 4 is 17.9 Å². The van der Waals surface area contributed by atoms with E-state index in [1.807, 2.05) is 0 Å². The van der Waals surface area contributed by atoms with Crippen LogP contribution in [0.4, 0.5) is 0 Å². The fourth-order valence-corrected chi connectivity index (χ4v) is 8.95. The minimum atomic E-state index is -0.791. The zero-order valence-electron chi connectivity index (χ0n) is 50.4. The second kappa shape index (κ2) is 64.6. The molecule has 0 spiro atoms. The zero-order chi connectivity index (χ0) is 55.7. The molecule has 0 aromatic heterocycles.